The first-order chi connectivity index (χ1) is 12.2. The lowest BCUT2D eigenvalue weighted by molar-refractivity contribution is 0.0775. The SMILES string of the molecule is CCn1cc(C(=O)N2C[C@@H](COC)[C@H](c3nc(C4CC4)no3)C2)cn1. The molecule has 4 rings (SSSR count). The second-order valence-corrected chi connectivity index (χ2v) is 6.88. The van der Waals surface area contributed by atoms with E-state index < -0.39 is 0 Å². The third-order valence-electron chi connectivity index (χ3n) is 5.03. The van der Waals surface area contributed by atoms with Gasteiger partial charge in [0.15, 0.2) is 5.82 Å². The number of ether oxygens (including phenoxy) is 1. The number of rotatable bonds is 6. The molecule has 8 heteroatoms. The van der Waals surface area contributed by atoms with Gasteiger partial charge < -0.3 is 14.2 Å². The second kappa shape index (κ2) is 6.59. The van der Waals surface area contributed by atoms with Crippen LogP contribution in [0.25, 0.3) is 0 Å². The highest BCUT2D eigenvalue weighted by Crippen LogP contribution is 2.40. The zero-order chi connectivity index (χ0) is 17.4. The molecule has 1 aliphatic heterocycles. The third-order valence-corrected chi connectivity index (χ3v) is 5.03. The predicted molar refractivity (Wildman–Crippen MR) is 88.2 cm³/mol. The van der Waals surface area contributed by atoms with Crippen LogP contribution in [0.2, 0.25) is 0 Å². The molecule has 0 spiro atoms. The van der Waals surface area contributed by atoms with Crippen molar-refractivity contribution in [1.82, 2.24) is 24.8 Å². The highest BCUT2D eigenvalue weighted by molar-refractivity contribution is 5.94. The average Bonchev–Trinajstić information content (AvgIpc) is 3.06. The van der Waals surface area contributed by atoms with Crippen LogP contribution in [0.1, 0.15) is 53.7 Å². The zero-order valence-corrected chi connectivity index (χ0v) is 14.6. The van der Waals surface area contributed by atoms with E-state index >= 15 is 0 Å². The van der Waals surface area contributed by atoms with Gasteiger partial charge >= 0.3 is 0 Å². The average molecular weight is 345 g/mol. The van der Waals surface area contributed by atoms with Crippen molar-refractivity contribution in [1.29, 1.82) is 0 Å². The minimum atomic E-state index is -0.00904. The molecule has 0 unspecified atom stereocenters. The molecule has 3 heterocycles. The first kappa shape index (κ1) is 16.3. The number of hydrogen-bond donors (Lipinski definition) is 0. The number of likely N-dealkylation sites (tertiary alicyclic amines) is 1. The Kier molecular flexibility index (Phi) is 4.29. The van der Waals surface area contributed by atoms with E-state index in [9.17, 15) is 4.79 Å². The van der Waals surface area contributed by atoms with Gasteiger partial charge in [-0.25, -0.2) is 0 Å². The summed E-state index contributed by atoms with van der Waals surface area (Å²) < 4.78 is 12.6. The van der Waals surface area contributed by atoms with Gasteiger partial charge in [0, 0.05) is 44.8 Å². The first-order valence-electron chi connectivity index (χ1n) is 8.83. The van der Waals surface area contributed by atoms with E-state index in [1.165, 1.54) is 0 Å². The third kappa shape index (κ3) is 3.18. The van der Waals surface area contributed by atoms with Crippen molar-refractivity contribution in [3.63, 3.8) is 0 Å². The maximum Gasteiger partial charge on any atom is 0.257 e. The molecular weight excluding hydrogens is 322 g/mol. The largest absolute Gasteiger partial charge is 0.384 e. The van der Waals surface area contributed by atoms with Crippen molar-refractivity contribution in [3.8, 4) is 0 Å². The molecule has 1 amide bonds. The van der Waals surface area contributed by atoms with Crippen LogP contribution in [0.5, 0.6) is 0 Å². The number of carbonyl (C=O) groups is 1. The number of aryl methyl sites for hydroxylation is 1. The molecular formula is C17H23N5O3. The minimum absolute atomic E-state index is 0.00904. The van der Waals surface area contributed by atoms with Gasteiger partial charge in [0.25, 0.3) is 5.91 Å². The summed E-state index contributed by atoms with van der Waals surface area (Å²) >= 11 is 0. The summed E-state index contributed by atoms with van der Waals surface area (Å²) in [5, 5.41) is 8.31. The fraction of sp³-hybridized carbons (Fsp3) is 0.647. The normalized spacial score (nSPS) is 23.4. The van der Waals surface area contributed by atoms with Gasteiger partial charge in [-0.15, -0.1) is 0 Å². The number of amides is 1. The summed E-state index contributed by atoms with van der Waals surface area (Å²) in [5.41, 5.74) is 0.614. The van der Waals surface area contributed by atoms with Crippen LogP contribution < -0.4 is 0 Å². The predicted octanol–water partition coefficient (Wildman–Crippen LogP) is 1.67. The Labute approximate surface area is 146 Å². The fourth-order valence-corrected chi connectivity index (χ4v) is 3.43. The fourth-order valence-electron chi connectivity index (χ4n) is 3.43. The summed E-state index contributed by atoms with van der Waals surface area (Å²) in [6, 6.07) is 0. The van der Waals surface area contributed by atoms with Gasteiger partial charge in [-0.1, -0.05) is 5.16 Å². The molecule has 134 valence electrons. The Morgan fingerprint density at radius 3 is 2.92 bits per heavy atom. The zero-order valence-electron chi connectivity index (χ0n) is 14.6. The summed E-state index contributed by atoms with van der Waals surface area (Å²) in [6.45, 7) is 4.49. The van der Waals surface area contributed by atoms with Gasteiger partial charge in [-0.3, -0.25) is 9.48 Å². The summed E-state index contributed by atoms with van der Waals surface area (Å²) in [4.78, 5) is 19.2. The number of methoxy groups -OCH3 is 1. The van der Waals surface area contributed by atoms with E-state index in [1.54, 1.807) is 24.2 Å². The number of nitrogens with zero attached hydrogens (tertiary/aromatic N) is 5. The Hall–Kier alpha value is -2.22. The summed E-state index contributed by atoms with van der Waals surface area (Å²) in [7, 11) is 1.68. The molecule has 0 bridgehead atoms. The lowest BCUT2D eigenvalue weighted by Gasteiger charge is -2.14. The van der Waals surface area contributed by atoms with Crippen molar-refractivity contribution < 1.29 is 14.1 Å². The Balaban J connectivity index is 1.51. The smallest absolute Gasteiger partial charge is 0.257 e. The molecule has 1 saturated heterocycles. The van der Waals surface area contributed by atoms with Crippen LogP contribution in [0.3, 0.4) is 0 Å². The molecule has 1 saturated carbocycles. The topological polar surface area (TPSA) is 86.3 Å². The monoisotopic (exact) mass is 345 g/mol. The molecule has 2 aromatic rings. The maximum atomic E-state index is 12.8. The maximum absolute atomic E-state index is 12.8. The van der Waals surface area contributed by atoms with Crippen LogP contribution in [-0.4, -0.2) is 57.5 Å². The number of hydrogen-bond acceptors (Lipinski definition) is 6. The number of aromatic nitrogens is 4. The van der Waals surface area contributed by atoms with Crippen LogP contribution in [0, 0.1) is 5.92 Å². The summed E-state index contributed by atoms with van der Waals surface area (Å²) in [6.07, 6.45) is 5.69. The summed E-state index contributed by atoms with van der Waals surface area (Å²) in [5.74, 6) is 2.05. The Bertz CT molecular complexity index is 751. The van der Waals surface area contributed by atoms with E-state index in [2.05, 4.69) is 15.2 Å². The number of carbonyl (C=O) groups excluding carboxylic acids is 1. The van der Waals surface area contributed by atoms with Gasteiger partial charge in [0.1, 0.15) is 0 Å². The van der Waals surface area contributed by atoms with Gasteiger partial charge in [-0.2, -0.15) is 10.1 Å². The van der Waals surface area contributed by atoms with Crippen LogP contribution in [0.15, 0.2) is 16.9 Å². The molecule has 1 aliphatic carbocycles. The van der Waals surface area contributed by atoms with E-state index in [0.29, 0.717) is 37.1 Å². The lowest BCUT2D eigenvalue weighted by Crippen LogP contribution is -2.29. The van der Waals surface area contributed by atoms with E-state index in [4.69, 9.17) is 9.26 Å². The highest BCUT2D eigenvalue weighted by Gasteiger charge is 2.40. The molecule has 2 atom stereocenters. The molecule has 2 fully saturated rings. The minimum Gasteiger partial charge on any atom is -0.384 e. The Morgan fingerprint density at radius 1 is 1.40 bits per heavy atom. The lowest BCUT2D eigenvalue weighted by atomic mass is 9.97. The highest BCUT2D eigenvalue weighted by atomic mass is 16.5. The van der Waals surface area contributed by atoms with Crippen LogP contribution in [0.4, 0.5) is 0 Å². The van der Waals surface area contributed by atoms with E-state index in [0.717, 1.165) is 25.2 Å². The van der Waals surface area contributed by atoms with Crippen LogP contribution >= 0.6 is 0 Å². The molecule has 25 heavy (non-hydrogen) atoms. The van der Waals surface area contributed by atoms with Crippen molar-refractivity contribution in [3.05, 3.63) is 29.7 Å². The van der Waals surface area contributed by atoms with Gasteiger partial charge in [0.2, 0.25) is 5.89 Å². The van der Waals surface area contributed by atoms with E-state index in [-0.39, 0.29) is 17.7 Å². The second-order valence-electron chi connectivity index (χ2n) is 6.88. The van der Waals surface area contributed by atoms with Crippen molar-refractivity contribution in [2.45, 2.75) is 38.1 Å². The van der Waals surface area contributed by atoms with E-state index in [1.807, 2.05) is 11.8 Å². The Morgan fingerprint density at radius 2 is 2.24 bits per heavy atom. The van der Waals surface area contributed by atoms with Crippen molar-refractivity contribution in [2.24, 2.45) is 5.92 Å². The van der Waals surface area contributed by atoms with Crippen molar-refractivity contribution >= 4 is 5.91 Å². The molecule has 2 aliphatic rings. The standard InChI is InChI=1S/C17H23N5O3/c1-3-22-8-12(6-18-22)17(23)21-7-13(10-24-2)14(9-21)16-19-15(20-25-16)11-4-5-11/h6,8,11,13-14H,3-5,7,9-10H2,1-2H3/t13-,14+/m0/s1. The molecule has 0 radical (unpaired) electrons. The molecule has 0 aromatic carbocycles. The van der Waals surface area contributed by atoms with Crippen molar-refractivity contribution in [2.75, 3.05) is 26.8 Å². The van der Waals surface area contributed by atoms with Gasteiger partial charge in [0.05, 0.1) is 24.3 Å². The molecule has 2 aromatic heterocycles. The first-order valence-corrected chi connectivity index (χ1v) is 8.83. The van der Waals surface area contributed by atoms with Gasteiger partial charge in [-0.05, 0) is 19.8 Å². The van der Waals surface area contributed by atoms with Crippen LogP contribution in [-0.2, 0) is 11.3 Å². The quantitative estimate of drug-likeness (QED) is 0.791. The molecule has 8 nitrogen and oxygen atoms in total. The molecule has 0 N–H and O–H groups in total.